The molecule has 0 radical (unpaired) electrons. The Hall–Kier alpha value is -3.32. The Labute approximate surface area is 204 Å². The molecule has 2 aromatic heterocycles. The standard InChI is InChI=1S/C28H32F2N4O/c1-17-20(25(33-34(17)5)15-28(2,3)4)11-13-35-27-21(7-8-23(29)26(27)30)18-6-9-24-22(14-18)19(16-31)10-12-32-24/h6-10,12,14H,11,13,15-16,31H2,1-5H3. The summed E-state index contributed by atoms with van der Waals surface area (Å²) >= 11 is 0. The van der Waals surface area contributed by atoms with E-state index >= 15 is 0 Å². The third kappa shape index (κ3) is 5.20. The molecule has 0 fully saturated rings. The van der Waals surface area contributed by atoms with E-state index in [1.165, 1.54) is 0 Å². The maximum atomic E-state index is 15.0. The summed E-state index contributed by atoms with van der Waals surface area (Å²) in [7, 11) is 1.92. The van der Waals surface area contributed by atoms with Crippen molar-refractivity contribution in [3.63, 3.8) is 0 Å². The van der Waals surface area contributed by atoms with Crippen molar-refractivity contribution in [2.45, 2.75) is 47.1 Å². The van der Waals surface area contributed by atoms with Crippen LogP contribution in [0.1, 0.15) is 43.3 Å². The molecule has 0 bridgehead atoms. The summed E-state index contributed by atoms with van der Waals surface area (Å²) in [5.41, 5.74) is 12.0. The van der Waals surface area contributed by atoms with E-state index in [4.69, 9.17) is 10.5 Å². The Balaban J connectivity index is 1.66. The molecule has 0 saturated heterocycles. The molecule has 2 aromatic carbocycles. The Morgan fingerprint density at radius 2 is 1.86 bits per heavy atom. The second kappa shape index (κ2) is 9.74. The fourth-order valence-corrected chi connectivity index (χ4v) is 4.39. The van der Waals surface area contributed by atoms with Crippen LogP contribution >= 0.6 is 0 Å². The molecule has 0 aliphatic rings. The lowest BCUT2D eigenvalue weighted by molar-refractivity contribution is 0.299. The third-order valence-corrected chi connectivity index (χ3v) is 6.25. The molecule has 5 nitrogen and oxygen atoms in total. The van der Waals surface area contributed by atoms with Crippen molar-refractivity contribution >= 4 is 10.9 Å². The second-order valence-electron chi connectivity index (χ2n) is 10.1. The van der Waals surface area contributed by atoms with Crippen LogP contribution in [0.3, 0.4) is 0 Å². The number of aromatic nitrogens is 3. The van der Waals surface area contributed by atoms with E-state index in [-0.39, 0.29) is 17.8 Å². The first-order chi connectivity index (χ1) is 16.6. The fraction of sp³-hybridized carbons (Fsp3) is 0.357. The van der Waals surface area contributed by atoms with E-state index in [1.807, 2.05) is 42.9 Å². The van der Waals surface area contributed by atoms with Gasteiger partial charge in [0.05, 0.1) is 17.8 Å². The zero-order chi connectivity index (χ0) is 25.3. The maximum absolute atomic E-state index is 15.0. The number of pyridine rings is 1. The minimum Gasteiger partial charge on any atom is -0.489 e. The summed E-state index contributed by atoms with van der Waals surface area (Å²) in [4.78, 5) is 4.38. The number of ether oxygens (including phenoxy) is 1. The summed E-state index contributed by atoms with van der Waals surface area (Å²) < 4.78 is 37.0. The van der Waals surface area contributed by atoms with Gasteiger partial charge in [0.25, 0.3) is 0 Å². The van der Waals surface area contributed by atoms with Gasteiger partial charge in [-0.15, -0.1) is 0 Å². The first-order valence-electron chi connectivity index (χ1n) is 11.8. The smallest absolute Gasteiger partial charge is 0.201 e. The quantitative estimate of drug-likeness (QED) is 0.360. The van der Waals surface area contributed by atoms with Crippen LogP contribution in [0.15, 0.2) is 42.6 Å². The monoisotopic (exact) mass is 478 g/mol. The van der Waals surface area contributed by atoms with Crippen molar-refractivity contribution < 1.29 is 13.5 Å². The summed E-state index contributed by atoms with van der Waals surface area (Å²) in [5, 5.41) is 5.55. The van der Waals surface area contributed by atoms with Crippen molar-refractivity contribution in [2.75, 3.05) is 6.61 Å². The molecule has 4 rings (SSSR count). The minimum atomic E-state index is -0.995. The molecule has 0 unspecified atom stereocenters. The highest BCUT2D eigenvalue weighted by Gasteiger charge is 2.21. The largest absolute Gasteiger partial charge is 0.489 e. The zero-order valence-electron chi connectivity index (χ0n) is 21.0. The second-order valence-corrected chi connectivity index (χ2v) is 10.1. The van der Waals surface area contributed by atoms with E-state index in [2.05, 4.69) is 30.9 Å². The van der Waals surface area contributed by atoms with Gasteiger partial charge in [-0.2, -0.15) is 9.49 Å². The van der Waals surface area contributed by atoms with Crippen LogP contribution in [0, 0.1) is 24.0 Å². The van der Waals surface area contributed by atoms with Gasteiger partial charge in [0.15, 0.2) is 11.6 Å². The fourth-order valence-electron chi connectivity index (χ4n) is 4.39. The van der Waals surface area contributed by atoms with Crippen LogP contribution in [0.2, 0.25) is 0 Å². The topological polar surface area (TPSA) is 66.0 Å². The number of rotatable bonds is 7. The molecule has 0 atom stereocenters. The van der Waals surface area contributed by atoms with Gasteiger partial charge in [0, 0.05) is 42.9 Å². The summed E-state index contributed by atoms with van der Waals surface area (Å²) in [6, 6.07) is 10.1. The van der Waals surface area contributed by atoms with Gasteiger partial charge in [-0.05, 0) is 65.8 Å². The van der Waals surface area contributed by atoms with Crippen LogP contribution in [-0.2, 0) is 26.4 Å². The van der Waals surface area contributed by atoms with Gasteiger partial charge in [-0.1, -0.05) is 26.8 Å². The number of fused-ring (bicyclic) bond motifs is 1. The van der Waals surface area contributed by atoms with Crippen LogP contribution < -0.4 is 10.5 Å². The zero-order valence-corrected chi connectivity index (χ0v) is 21.0. The number of nitrogens with zero attached hydrogens (tertiary/aromatic N) is 3. The molecule has 0 aliphatic carbocycles. The third-order valence-electron chi connectivity index (χ3n) is 6.25. The Morgan fingerprint density at radius 3 is 2.57 bits per heavy atom. The normalized spacial score (nSPS) is 11.9. The number of benzene rings is 2. The number of nitrogens with two attached hydrogens (primary N) is 1. The lowest BCUT2D eigenvalue weighted by Gasteiger charge is -2.18. The lowest BCUT2D eigenvalue weighted by Crippen LogP contribution is -2.13. The van der Waals surface area contributed by atoms with E-state index in [0.717, 1.165) is 45.9 Å². The van der Waals surface area contributed by atoms with Gasteiger partial charge in [-0.3, -0.25) is 9.67 Å². The number of hydrogen-bond acceptors (Lipinski definition) is 4. The van der Waals surface area contributed by atoms with Crippen molar-refractivity contribution in [3.05, 3.63) is 76.7 Å². The molecular formula is C28H32F2N4O. The van der Waals surface area contributed by atoms with E-state index in [9.17, 15) is 8.78 Å². The Morgan fingerprint density at radius 1 is 1.09 bits per heavy atom. The van der Waals surface area contributed by atoms with Gasteiger partial charge in [-0.25, -0.2) is 4.39 Å². The highest BCUT2D eigenvalue weighted by molar-refractivity contribution is 5.88. The number of aryl methyl sites for hydroxylation is 1. The van der Waals surface area contributed by atoms with E-state index < -0.39 is 11.6 Å². The predicted molar refractivity (Wildman–Crippen MR) is 135 cm³/mol. The van der Waals surface area contributed by atoms with Crippen LogP contribution in [0.25, 0.3) is 22.0 Å². The van der Waals surface area contributed by atoms with E-state index in [0.29, 0.717) is 24.1 Å². The van der Waals surface area contributed by atoms with Gasteiger partial charge >= 0.3 is 0 Å². The molecule has 184 valence electrons. The molecule has 2 heterocycles. The molecule has 0 amide bonds. The molecule has 0 aliphatic heterocycles. The molecule has 0 spiro atoms. The first kappa shape index (κ1) is 24.8. The molecule has 4 aromatic rings. The van der Waals surface area contributed by atoms with Gasteiger partial charge in [0.1, 0.15) is 0 Å². The first-order valence-corrected chi connectivity index (χ1v) is 11.8. The minimum absolute atomic E-state index is 0.0750. The van der Waals surface area contributed by atoms with E-state index in [1.54, 1.807) is 12.3 Å². The van der Waals surface area contributed by atoms with Crippen molar-refractivity contribution in [2.24, 2.45) is 18.2 Å². The highest BCUT2D eigenvalue weighted by Crippen LogP contribution is 2.36. The van der Waals surface area contributed by atoms with Crippen molar-refractivity contribution in [3.8, 4) is 16.9 Å². The van der Waals surface area contributed by atoms with Gasteiger partial charge < -0.3 is 10.5 Å². The molecule has 0 saturated carbocycles. The van der Waals surface area contributed by atoms with Crippen LogP contribution in [0.4, 0.5) is 8.78 Å². The number of hydrogen-bond donors (Lipinski definition) is 1. The van der Waals surface area contributed by atoms with Crippen molar-refractivity contribution in [1.82, 2.24) is 14.8 Å². The molecule has 35 heavy (non-hydrogen) atoms. The average Bonchev–Trinajstić information content (AvgIpc) is 3.07. The summed E-state index contributed by atoms with van der Waals surface area (Å²) in [5.74, 6) is -2.04. The highest BCUT2D eigenvalue weighted by atomic mass is 19.2. The van der Waals surface area contributed by atoms with Gasteiger partial charge in [0.2, 0.25) is 5.82 Å². The summed E-state index contributed by atoms with van der Waals surface area (Å²) in [6.07, 6.45) is 3.07. The Bertz CT molecular complexity index is 1370. The molecule has 7 heteroatoms. The molecule has 2 N–H and O–H groups in total. The number of halogens is 2. The predicted octanol–water partition coefficient (Wildman–Crippen LogP) is 5.89. The maximum Gasteiger partial charge on any atom is 0.201 e. The average molecular weight is 479 g/mol. The molecular weight excluding hydrogens is 446 g/mol. The summed E-state index contributed by atoms with van der Waals surface area (Å²) in [6.45, 7) is 9.06. The van der Waals surface area contributed by atoms with Crippen LogP contribution in [0.5, 0.6) is 5.75 Å². The van der Waals surface area contributed by atoms with Crippen molar-refractivity contribution in [1.29, 1.82) is 0 Å². The lowest BCUT2D eigenvalue weighted by atomic mass is 9.88. The SMILES string of the molecule is Cc1c(CCOc2c(-c3ccc4nccc(CN)c4c3)ccc(F)c2F)c(CC(C)(C)C)nn1C. The van der Waals surface area contributed by atoms with Crippen LogP contribution in [-0.4, -0.2) is 21.4 Å². The Kier molecular flexibility index (Phi) is 6.90.